The lowest BCUT2D eigenvalue weighted by molar-refractivity contribution is -0.127. The molecule has 0 bridgehead atoms. The van der Waals surface area contributed by atoms with E-state index >= 15 is 0 Å². The zero-order chi connectivity index (χ0) is 17.8. The number of carbonyl (C=O) groups excluding carboxylic acids is 3. The van der Waals surface area contributed by atoms with Crippen molar-refractivity contribution in [2.24, 2.45) is 0 Å². The molecule has 7 nitrogen and oxygen atoms in total. The summed E-state index contributed by atoms with van der Waals surface area (Å²) in [5.74, 6) is -0.456. The summed E-state index contributed by atoms with van der Waals surface area (Å²) in [5.41, 5.74) is 0. The summed E-state index contributed by atoms with van der Waals surface area (Å²) >= 11 is 1.54. The lowest BCUT2D eigenvalue weighted by Crippen LogP contribution is -2.51. The molecule has 0 aromatic carbocycles. The molecule has 2 aromatic rings. The second-order valence-corrected chi connectivity index (χ2v) is 6.89. The quantitative estimate of drug-likeness (QED) is 0.845. The highest BCUT2D eigenvalue weighted by Gasteiger charge is 2.32. The Labute approximate surface area is 149 Å². The maximum absolute atomic E-state index is 12.3. The maximum Gasteiger partial charge on any atom is 0.289 e. The fraction of sp³-hybridized carbons (Fsp3) is 0.353. The largest absolute Gasteiger partial charge is 0.459 e. The molecule has 0 spiro atoms. The molecule has 0 unspecified atom stereocenters. The number of carbonyl (C=O) groups is 3. The van der Waals surface area contributed by atoms with Gasteiger partial charge in [-0.2, -0.15) is 0 Å². The fourth-order valence-corrected chi connectivity index (χ4v) is 3.66. The van der Waals surface area contributed by atoms with E-state index in [1.165, 1.54) is 22.5 Å². The summed E-state index contributed by atoms with van der Waals surface area (Å²) in [7, 11) is 1.55. The van der Waals surface area contributed by atoms with Crippen molar-refractivity contribution in [2.75, 3.05) is 13.6 Å². The summed E-state index contributed by atoms with van der Waals surface area (Å²) in [6.07, 6.45) is 2.35. The Bertz CT molecular complexity index is 742. The zero-order valence-corrected chi connectivity index (χ0v) is 14.5. The second kappa shape index (κ2) is 7.52. The van der Waals surface area contributed by atoms with E-state index in [9.17, 15) is 14.4 Å². The summed E-state index contributed by atoms with van der Waals surface area (Å²) in [6.45, 7) is -0.0822. The van der Waals surface area contributed by atoms with Gasteiger partial charge < -0.3 is 20.0 Å². The summed E-state index contributed by atoms with van der Waals surface area (Å²) in [6, 6.07) is 6.59. The number of furan rings is 1. The number of piperidine rings is 1. The van der Waals surface area contributed by atoms with Crippen LogP contribution in [0.25, 0.3) is 0 Å². The molecule has 8 heteroatoms. The Hall–Kier alpha value is -2.61. The van der Waals surface area contributed by atoms with Crippen molar-refractivity contribution in [3.63, 3.8) is 0 Å². The van der Waals surface area contributed by atoms with Gasteiger partial charge in [-0.3, -0.25) is 14.4 Å². The van der Waals surface area contributed by atoms with Crippen molar-refractivity contribution < 1.29 is 18.8 Å². The molecule has 1 aliphatic heterocycles. The maximum atomic E-state index is 12.3. The third kappa shape index (κ3) is 4.08. The molecule has 2 atom stereocenters. The molecule has 3 amide bonds. The zero-order valence-electron chi connectivity index (χ0n) is 13.7. The van der Waals surface area contributed by atoms with E-state index in [2.05, 4.69) is 10.6 Å². The Kier molecular flexibility index (Phi) is 5.18. The van der Waals surface area contributed by atoms with Crippen LogP contribution in [0.1, 0.15) is 34.3 Å². The molecule has 0 saturated carbocycles. The third-order valence-corrected chi connectivity index (χ3v) is 5.01. The van der Waals surface area contributed by atoms with Crippen LogP contribution in [0.3, 0.4) is 0 Å². The van der Waals surface area contributed by atoms with Gasteiger partial charge in [-0.15, -0.1) is 11.3 Å². The molecular weight excluding hydrogens is 342 g/mol. The van der Waals surface area contributed by atoms with Crippen molar-refractivity contribution >= 4 is 29.1 Å². The highest BCUT2D eigenvalue weighted by atomic mass is 32.1. The molecule has 0 aliphatic carbocycles. The van der Waals surface area contributed by atoms with E-state index in [4.69, 9.17) is 4.42 Å². The van der Waals surface area contributed by atoms with Gasteiger partial charge in [0.05, 0.1) is 24.9 Å². The Morgan fingerprint density at radius 2 is 2.24 bits per heavy atom. The van der Waals surface area contributed by atoms with Gasteiger partial charge in [-0.25, -0.2) is 0 Å². The van der Waals surface area contributed by atoms with Gasteiger partial charge in [0.15, 0.2) is 5.76 Å². The molecule has 132 valence electrons. The fourth-order valence-electron chi connectivity index (χ4n) is 2.82. The van der Waals surface area contributed by atoms with E-state index in [-0.39, 0.29) is 42.1 Å². The van der Waals surface area contributed by atoms with Crippen molar-refractivity contribution in [3.05, 3.63) is 46.5 Å². The first-order valence-corrected chi connectivity index (χ1v) is 8.83. The standard InChI is InChI=1S/C17H19N3O4S/c1-20(17(23)12-4-2-8-24-12)10-15(22)18-11-6-7-14(21)19-16(11)13-5-3-9-25-13/h2-5,8-9,11,16H,6-7,10H2,1H3,(H,18,22)(H,19,21)/t11-,16-/m1/s1. The average molecular weight is 361 g/mol. The van der Waals surface area contributed by atoms with Gasteiger partial charge in [-0.1, -0.05) is 6.07 Å². The lowest BCUT2D eigenvalue weighted by atomic mass is 9.96. The second-order valence-electron chi connectivity index (χ2n) is 5.91. The van der Waals surface area contributed by atoms with Crippen molar-refractivity contribution in [3.8, 4) is 0 Å². The summed E-state index contributed by atoms with van der Waals surface area (Å²) < 4.78 is 5.06. The number of thiophene rings is 1. The third-order valence-electron chi connectivity index (χ3n) is 4.06. The molecule has 2 aromatic heterocycles. The highest BCUT2D eigenvalue weighted by molar-refractivity contribution is 7.10. The minimum absolute atomic E-state index is 0.0194. The highest BCUT2D eigenvalue weighted by Crippen LogP contribution is 2.27. The van der Waals surface area contributed by atoms with Crippen molar-refractivity contribution in [1.82, 2.24) is 15.5 Å². The molecule has 1 fully saturated rings. The first-order valence-electron chi connectivity index (χ1n) is 7.95. The Balaban J connectivity index is 1.61. The topological polar surface area (TPSA) is 91.7 Å². The van der Waals surface area contributed by atoms with Crippen molar-refractivity contribution in [1.29, 1.82) is 0 Å². The lowest BCUT2D eigenvalue weighted by Gasteiger charge is -2.32. The number of hydrogen-bond acceptors (Lipinski definition) is 5. The number of nitrogens with zero attached hydrogens (tertiary/aromatic N) is 1. The molecule has 25 heavy (non-hydrogen) atoms. The number of nitrogens with one attached hydrogen (secondary N) is 2. The van der Waals surface area contributed by atoms with E-state index < -0.39 is 0 Å². The predicted molar refractivity (Wildman–Crippen MR) is 92.0 cm³/mol. The molecule has 1 aliphatic rings. The normalized spacial score (nSPS) is 20.0. The van der Waals surface area contributed by atoms with Crippen LogP contribution in [0.4, 0.5) is 0 Å². The smallest absolute Gasteiger partial charge is 0.289 e. The van der Waals surface area contributed by atoms with Gasteiger partial charge in [0.25, 0.3) is 5.91 Å². The molecule has 0 radical (unpaired) electrons. The average Bonchev–Trinajstić information content (AvgIpc) is 3.29. The molecular formula is C17H19N3O4S. The SMILES string of the molecule is CN(CC(=O)N[C@@H]1CCC(=O)N[C@H]1c1cccs1)C(=O)c1ccco1. The van der Waals surface area contributed by atoms with E-state index in [0.29, 0.717) is 12.8 Å². The van der Waals surface area contributed by atoms with Crippen LogP contribution in [0.15, 0.2) is 40.3 Å². The number of amides is 3. The molecule has 3 heterocycles. The first-order chi connectivity index (χ1) is 12.0. The molecule has 3 rings (SSSR count). The Morgan fingerprint density at radius 1 is 1.40 bits per heavy atom. The van der Waals surface area contributed by atoms with Crippen LogP contribution in [0.5, 0.6) is 0 Å². The summed E-state index contributed by atoms with van der Waals surface area (Å²) in [5, 5.41) is 7.81. The minimum Gasteiger partial charge on any atom is -0.459 e. The molecule has 2 N–H and O–H groups in total. The van der Waals surface area contributed by atoms with E-state index in [1.54, 1.807) is 19.2 Å². The number of likely N-dealkylation sites (N-methyl/N-ethyl adjacent to an activating group) is 1. The predicted octanol–water partition coefficient (Wildman–Crippen LogP) is 1.55. The van der Waals surface area contributed by atoms with Gasteiger partial charge in [0.2, 0.25) is 11.8 Å². The summed E-state index contributed by atoms with van der Waals surface area (Å²) in [4.78, 5) is 38.5. The van der Waals surface area contributed by atoms with E-state index in [1.807, 2.05) is 17.5 Å². The van der Waals surface area contributed by atoms with E-state index in [0.717, 1.165) is 4.88 Å². The first kappa shape index (κ1) is 17.2. The van der Waals surface area contributed by atoms with Crippen LogP contribution in [-0.4, -0.2) is 42.3 Å². The number of rotatable bonds is 5. The Morgan fingerprint density at radius 3 is 2.92 bits per heavy atom. The van der Waals surface area contributed by atoms with Crippen LogP contribution in [0.2, 0.25) is 0 Å². The monoisotopic (exact) mass is 361 g/mol. The van der Waals surface area contributed by atoms with Crippen molar-refractivity contribution in [2.45, 2.75) is 24.9 Å². The van der Waals surface area contributed by atoms with Gasteiger partial charge in [0.1, 0.15) is 0 Å². The van der Waals surface area contributed by atoms with Gasteiger partial charge >= 0.3 is 0 Å². The van der Waals surface area contributed by atoms with Crippen LogP contribution in [-0.2, 0) is 9.59 Å². The molecule has 1 saturated heterocycles. The van der Waals surface area contributed by atoms with Gasteiger partial charge in [-0.05, 0) is 30.0 Å². The minimum atomic E-state index is -0.355. The number of hydrogen-bond donors (Lipinski definition) is 2. The van der Waals surface area contributed by atoms with Crippen LogP contribution < -0.4 is 10.6 Å². The van der Waals surface area contributed by atoms with Crippen LogP contribution in [0, 0.1) is 0 Å². The van der Waals surface area contributed by atoms with Crippen LogP contribution >= 0.6 is 11.3 Å². The van der Waals surface area contributed by atoms with Gasteiger partial charge in [0, 0.05) is 18.3 Å².